The highest BCUT2D eigenvalue weighted by Crippen LogP contribution is 2.26. The molecule has 112 valence electrons. The highest BCUT2D eigenvalue weighted by Gasteiger charge is 2.17. The summed E-state index contributed by atoms with van der Waals surface area (Å²) in [5.41, 5.74) is 2.34. The van der Waals surface area contributed by atoms with E-state index in [2.05, 4.69) is 4.98 Å². The molecule has 2 heterocycles. The molecule has 0 saturated heterocycles. The van der Waals surface area contributed by atoms with Crippen LogP contribution >= 0.6 is 0 Å². The Morgan fingerprint density at radius 1 is 1.43 bits per heavy atom. The Bertz CT molecular complexity index is 707. The van der Waals surface area contributed by atoms with Crippen LogP contribution in [0.3, 0.4) is 0 Å². The summed E-state index contributed by atoms with van der Waals surface area (Å²) in [5, 5.41) is 8.91. The van der Waals surface area contributed by atoms with Crippen LogP contribution in [-0.4, -0.2) is 27.4 Å². The summed E-state index contributed by atoms with van der Waals surface area (Å²) in [6.07, 6.45) is 1.66. The highest BCUT2D eigenvalue weighted by atomic mass is 32.2. The number of hydrogen-bond acceptors (Lipinski definition) is 5. The lowest BCUT2D eigenvalue weighted by molar-refractivity contribution is 0.0656. The first-order valence-corrected chi connectivity index (χ1v) is 7.46. The number of carboxylic acids is 1. The number of aromatic nitrogens is 1. The van der Waals surface area contributed by atoms with Crippen LogP contribution in [-0.2, 0) is 16.6 Å². The quantitative estimate of drug-likeness (QED) is 0.911. The van der Waals surface area contributed by atoms with Crippen molar-refractivity contribution >= 4 is 16.8 Å². The molecule has 0 aliphatic rings. The van der Waals surface area contributed by atoms with E-state index in [1.54, 1.807) is 13.3 Å². The molecule has 0 saturated carbocycles. The topological polar surface area (TPSA) is 89.6 Å². The number of furan rings is 1. The van der Waals surface area contributed by atoms with Gasteiger partial charge in [0.05, 0.1) is 29.4 Å². The highest BCUT2D eigenvalue weighted by molar-refractivity contribution is 7.84. The largest absolute Gasteiger partial charge is 0.496 e. The minimum Gasteiger partial charge on any atom is -0.496 e. The van der Waals surface area contributed by atoms with E-state index in [4.69, 9.17) is 14.3 Å². The fourth-order valence-corrected chi connectivity index (χ4v) is 3.05. The number of hydrogen-bond donors (Lipinski definition) is 1. The number of aryl methyl sites for hydroxylation is 1. The van der Waals surface area contributed by atoms with Crippen molar-refractivity contribution in [3.8, 4) is 5.75 Å². The molecule has 1 N–H and O–H groups in total. The molecule has 6 nitrogen and oxygen atoms in total. The third-order valence-corrected chi connectivity index (χ3v) is 4.24. The van der Waals surface area contributed by atoms with Gasteiger partial charge in [0.25, 0.3) is 0 Å². The van der Waals surface area contributed by atoms with Gasteiger partial charge in [-0.1, -0.05) is 0 Å². The second kappa shape index (κ2) is 6.09. The van der Waals surface area contributed by atoms with Crippen molar-refractivity contribution in [1.29, 1.82) is 0 Å². The predicted octanol–water partition coefficient (Wildman–Crippen LogP) is 2.31. The fourth-order valence-electron chi connectivity index (χ4n) is 1.97. The summed E-state index contributed by atoms with van der Waals surface area (Å²) in [7, 11) is 0.0659. The van der Waals surface area contributed by atoms with Gasteiger partial charge in [0.1, 0.15) is 5.75 Å². The van der Waals surface area contributed by atoms with Crippen molar-refractivity contribution in [3.63, 3.8) is 0 Å². The maximum Gasteiger partial charge on any atom is 0.371 e. The molecular weight excluding hydrogens is 294 g/mol. The number of rotatable bonds is 5. The first-order valence-electron chi connectivity index (χ1n) is 6.14. The van der Waals surface area contributed by atoms with Crippen molar-refractivity contribution in [2.45, 2.75) is 24.7 Å². The molecular formula is C14H15NO5S. The van der Waals surface area contributed by atoms with Crippen molar-refractivity contribution < 1.29 is 23.3 Å². The van der Waals surface area contributed by atoms with Crippen molar-refractivity contribution in [2.24, 2.45) is 0 Å². The monoisotopic (exact) mass is 309 g/mol. The maximum absolute atomic E-state index is 12.2. The maximum atomic E-state index is 12.2. The lowest BCUT2D eigenvalue weighted by Crippen LogP contribution is -2.03. The summed E-state index contributed by atoms with van der Waals surface area (Å²) in [4.78, 5) is 15.0. The number of aromatic carboxylic acids is 1. The molecule has 0 radical (unpaired) electrons. The van der Waals surface area contributed by atoms with Crippen LogP contribution in [0.1, 0.15) is 27.4 Å². The van der Waals surface area contributed by atoms with Crippen LogP contribution in [0.15, 0.2) is 27.8 Å². The molecule has 2 aromatic rings. The molecule has 0 aliphatic heterocycles. The Hall–Kier alpha value is -2.15. The van der Waals surface area contributed by atoms with E-state index in [1.807, 2.05) is 13.8 Å². The van der Waals surface area contributed by atoms with Gasteiger partial charge in [0.2, 0.25) is 5.76 Å². The van der Waals surface area contributed by atoms with Gasteiger partial charge < -0.3 is 14.3 Å². The van der Waals surface area contributed by atoms with Crippen LogP contribution in [0.5, 0.6) is 5.75 Å². The first-order chi connectivity index (χ1) is 9.93. The second-order valence-electron chi connectivity index (χ2n) is 4.46. The van der Waals surface area contributed by atoms with E-state index in [-0.39, 0.29) is 16.6 Å². The number of carbonyl (C=O) groups is 1. The summed E-state index contributed by atoms with van der Waals surface area (Å²) < 4.78 is 22.6. The first kappa shape index (κ1) is 15.2. The van der Waals surface area contributed by atoms with Gasteiger partial charge in [-0.05, 0) is 26.0 Å². The van der Waals surface area contributed by atoms with E-state index < -0.39 is 16.8 Å². The molecule has 1 atom stereocenters. The van der Waals surface area contributed by atoms with E-state index >= 15 is 0 Å². The summed E-state index contributed by atoms with van der Waals surface area (Å²) in [6, 6.07) is 2.69. The van der Waals surface area contributed by atoms with Gasteiger partial charge in [-0.2, -0.15) is 0 Å². The van der Waals surface area contributed by atoms with Crippen LogP contribution in [0, 0.1) is 13.8 Å². The molecule has 0 bridgehead atoms. The molecule has 2 rings (SSSR count). The summed E-state index contributed by atoms with van der Waals surface area (Å²) in [5.74, 6) is -0.577. The smallest absolute Gasteiger partial charge is 0.371 e. The third-order valence-electron chi connectivity index (χ3n) is 3.03. The Kier molecular flexibility index (Phi) is 4.42. The molecule has 0 spiro atoms. The van der Waals surface area contributed by atoms with E-state index in [9.17, 15) is 9.00 Å². The lowest BCUT2D eigenvalue weighted by atomic mass is 10.1. The average Bonchev–Trinajstić information content (AvgIpc) is 2.92. The zero-order valence-electron chi connectivity index (χ0n) is 11.9. The summed E-state index contributed by atoms with van der Waals surface area (Å²) >= 11 is 0. The molecule has 0 fully saturated rings. The molecule has 1 unspecified atom stereocenters. The molecule has 0 amide bonds. The Morgan fingerprint density at radius 2 is 2.14 bits per heavy atom. The van der Waals surface area contributed by atoms with Gasteiger partial charge in [0, 0.05) is 17.3 Å². The second-order valence-corrected chi connectivity index (χ2v) is 5.84. The predicted molar refractivity (Wildman–Crippen MR) is 76.0 cm³/mol. The van der Waals surface area contributed by atoms with E-state index in [0.717, 1.165) is 11.1 Å². The molecule has 0 aromatic carbocycles. The standard InChI is InChI=1S/C14H15NO5S/c1-8-6-15-10(9(2)13(8)19-3)7-21(18)12-5-4-11(20-12)14(16)17/h4-6H,7H2,1-3H3,(H,16,17). The average molecular weight is 309 g/mol. The zero-order chi connectivity index (χ0) is 15.6. The number of carboxylic acid groups (broad SMARTS) is 1. The minimum atomic E-state index is -1.51. The van der Waals surface area contributed by atoms with Crippen molar-refractivity contribution in [3.05, 3.63) is 40.9 Å². The van der Waals surface area contributed by atoms with E-state index in [0.29, 0.717) is 11.4 Å². The van der Waals surface area contributed by atoms with Gasteiger partial charge in [-0.25, -0.2) is 4.79 Å². The van der Waals surface area contributed by atoms with Crippen molar-refractivity contribution in [1.82, 2.24) is 4.98 Å². The number of ether oxygens (including phenoxy) is 1. The molecule has 2 aromatic heterocycles. The zero-order valence-corrected chi connectivity index (χ0v) is 12.7. The lowest BCUT2D eigenvalue weighted by Gasteiger charge is -2.11. The van der Waals surface area contributed by atoms with Crippen LogP contribution in [0.4, 0.5) is 0 Å². The number of methoxy groups -OCH3 is 1. The molecule has 0 aliphatic carbocycles. The Labute approximate surface area is 124 Å². The minimum absolute atomic E-state index is 0.119. The normalized spacial score (nSPS) is 12.1. The third kappa shape index (κ3) is 3.13. The van der Waals surface area contributed by atoms with Crippen molar-refractivity contribution in [2.75, 3.05) is 7.11 Å². The Balaban J connectivity index is 2.25. The van der Waals surface area contributed by atoms with Gasteiger partial charge in [-0.15, -0.1) is 0 Å². The van der Waals surface area contributed by atoms with Crippen LogP contribution in [0.2, 0.25) is 0 Å². The van der Waals surface area contributed by atoms with Crippen LogP contribution in [0.25, 0.3) is 0 Å². The number of pyridine rings is 1. The van der Waals surface area contributed by atoms with Crippen LogP contribution < -0.4 is 4.74 Å². The van der Waals surface area contributed by atoms with Gasteiger partial charge >= 0.3 is 5.97 Å². The molecule has 21 heavy (non-hydrogen) atoms. The van der Waals surface area contributed by atoms with Gasteiger partial charge in [0.15, 0.2) is 5.09 Å². The van der Waals surface area contributed by atoms with Gasteiger partial charge in [-0.3, -0.25) is 9.19 Å². The SMILES string of the molecule is COc1c(C)cnc(CS(=O)c2ccc(C(=O)O)o2)c1C. The molecule has 7 heteroatoms. The Morgan fingerprint density at radius 3 is 2.71 bits per heavy atom. The fraction of sp³-hybridized carbons (Fsp3) is 0.286. The van der Waals surface area contributed by atoms with E-state index in [1.165, 1.54) is 12.1 Å². The summed E-state index contributed by atoms with van der Waals surface area (Å²) in [6.45, 7) is 3.72. The number of nitrogens with zero attached hydrogens (tertiary/aromatic N) is 1.